The Bertz CT molecular complexity index is 430. The number of aromatic nitrogens is 4. The van der Waals surface area contributed by atoms with E-state index in [0.717, 1.165) is 22.4 Å². The first-order chi connectivity index (χ1) is 5.68. The van der Waals surface area contributed by atoms with E-state index in [1.54, 1.807) is 0 Å². The molecule has 4 heteroatoms. The highest BCUT2D eigenvalue weighted by atomic mass is 15.3. The number of aryl methyl sites for hydroxylation is 3. The number of rotatable bonds is 0. The molecule has 0 unspecified atom stereocenters. The van der Waals surface area contributed by atoms with Gasteiger partial charge < -0.3 is 0 Å². The van der Waals surface area contributed by atoms with Crippen LogP contribution < -0.4 is 0 Å². The Hall–Kier alpha value is -1.45. The van der Waals surface area contributed by atoms with Crippen molar-refractivity contribution in [2.45, 2.75) is 13.8 Å². The van der Waals surface area contributed by atoms with Crippen molar-refractivity contribution in [2.75, 3.05) is 0 Å². The molecule has 62 valence electrons. The van der Waals surface area contributed by atoms with E-state index < -0.39 is 0 Å². The van der Waals surface area contributed by atoms with Gasteiger partial charge in [-0.2, -0.15) is 10.2 Å². The summed E-state index contributed by atoms with van der Waals surface area (Å²) in [5.74, 6) is 0. The molecule has 0 fully saturated rings. The molecule has 2 aromatic heterocycles. The lowest BCUT2D eigenvalue weighted by molar-refractivity contribution is 0.750. The number of fused-ring (bicyclic) bond motifs is 1. The van der Waals surface area contributed by atoms with E-state index in [-0.39, 0.29) is 0 Å². The van der Waals surface area contributed by atoms with E-state index >= 15 is 0 Å². The summed E-state index contributed by atoms with van der Waals surface area (Å²) < 4.78 is 1.82. The Morgan fingerprint density at radius 2 is 2.00 bits per heavy atom. The van der Waals surface area contributed by atoms with Gasteiger partial charge >= 0.3 is 0 Å². The zero-order valence-corrected chi connectivity index (χ0v) is 7.37. The fraction of sp³-hybridized carbons (Fsp3) is 0.375. The van der Waals surface area contributed by atoms with Crippen molar-refractivity contribution in [1.29, 1.82) is 0 Å². The molecule has 4 nitrogen and oxygen atoms in total. The number of hydrogen-bond acceptors (Lipinski definition) is 3. The molecule has 0 amide bonds. The van der Waals surface area contributed by atoms with Gasteiger partial charge in [0.05, 0.1) is 11.4 Å². The van der Waals surface area contributed by atoms with Crippen molar-refractivity contribution in [3.05, 3.63) is 17.5 Å². The Morgan fingerprint density at radius 3 is 2.75 bits per heavy atom. The number of nitrogens with zero attached hydrogens (tertiary/aromatic N) is 4. The molecule has 0 radical (unpaired) electrons. The Labute approximate surface area is 70.2 Å². The quantitative estimate of drug-likeness (QED) is 0.580. The van der Waals surface area contributed by atoms with Gasteiger partial charge in [-0.1, -0.05) is 0 Å². The predicted octanol–water partition coefficient (Wildman–Crippen LogP) is 0.980. The minimum atomic E-state index is 0.892. The average molecular weight is 162 g/mol. The number of hydrogen-bond donors (Lipinski definition) is 0. The van der Waals surface area contributed by atoms with Crippen LogP contribution in [0.25, 0.3) is 11.0 Å². The van der Waals surface area contributed by atoms with Crippen molar-refractivity contribution in [3.8, 4) is 0 Å². The van der Waals surface area contributed by atoms with Crippen LogP contribution >= 0.6 is 0 Å². The smallest absolute Gasteiger partial charge is 0.134 e. The summed E-state index contributed by atoms with van der Waals surface area (Å²) in [7, 11) is 1.91. The summed E-state index contributed by atoms with van der Waals surface area (Å²) in [5, 5.41) is 12.3. The maximum absolute atomic E-state index is 4.29. The largest absolute Gasteiger partial charge is 0.270 e. The van der Waals surface area contributed by atoms with E-state index in [1.165, 1.54) is 0 Å². The lowest BCUT2D eigenvalue weighted by Gasteiger charge is -1.90. The molecular weight excluding hydrogens is 152 g/mol. The fourth-order valence-corrected chi connectivity index (χ4v) is 1.20. The molecular formula is C8H10N4. The van der Waals surface area contributed by atoms with Gasteiger partial charge in [-0.3, -0.25) is 4.68 Å². The monoisotopic (exact) mass is 162 g/mol. The lowest BCUT2D eigenvalue weighted by atomic mass is 10.3. The third-order valence-corrected chi connectivity index (χ3v) is 1.98. The van der Waals surface area contributed by atoms with Crippen LogP contribution in [0, 0.1) is 13.8 Å². The van der Waals surface area contributed by atoms with Crippen LogP contribution in [0.15, 0.2) is 6.07 Å². The molecule has 12 heavy (non-hydrogen) atoms. The van der Waals surface area contributed by atoms with Crippen LogP contribution in [0.1, 0.15) is 11.4 Å². The van der Waals surface area contributed by atoms with Gasteiger partial charge in [0.25, 0.3) is 0 Å². The second-order valence-electron chi connectivity index (χ2n) is 2.93. The minimum Gasteiger partial charge on any atom is -0.270 e. The van der Waals surface area contributed by atoms with E-state index in [4.69, 9.17) is 0 Å². The maximum Gasteiger partial charge on any atom is 0.134 e. The topological polar surface area (TPSA) is 43.6 Å². The molecule has 0 aliphatic rings. The average Bonchev–Trinajstić information content (AvgIpc) is 2.28. The summed E-state index contributed by atoms with van der Waals surface area (Å²) >= 11 is 0. The maximum atomic E-state index is 4.29. The molecule has 0 N–H and O–H groups in total. The third-order valence-electron chi connectivity index (χ3n) is 1.98. The SMILES string of the molecule is Cc1cc2nn(C)c(C)c2nn1. The molecule has 2 heterocycles. The molecule has 0 atom stereocenters. The van der Waals surface area contributed by atoms with E-state index in [0.29, 0.717) is 0 Å². The third kappa shape index (κ3) is 0.879. The molecule has 0 saturated heterocycles. The van der Waals surface area contributed by atoms with Crippen LogP contribution in [0.5, 0.6) is 0 Å². The Morgan fingerprint density at radius 1 is 1.25 bits per heavy atom. The van der Waals surface area contributed by atoms with Gasteiger partial charge in [0.2, 0.25) is 0 Å². The van der Waals surface area contributed by atoms with Gasteiger partial charge in [-0.25, -0.2) is 0 Å². The molecule has 2 rings (SSSR count). The minimum absolute atomic E-state index is 0.892. The first kappa shape index (κ1) is 7.21. The molecule has 2 aromatic rings. The van der Waals surface area contributed by atoms with Gasteiger partial charge in [0.1, 0.15) is 11.0 Å². The van der Waals surface area contributed by atoms with Gasteiger partial charge in [0.15, 0.2) is 0 Å². The first-order valence-electron chi connectivity index (χ1n) is 3.82. The Balaban J connectivity index is 2.87. The van der Waals surface area contributed by atoms with Crippen molar-refractivity contribution in [1.82, 2.24) is 20.0 Å². The van der Waals surface area contributed by atoms with E-state index in [2.05, 4.69) is 15.3 Å². The molecule has 0 aliphatic heterocycles. The first-order valence-corrected chi connectivity index (χ1v) is 3.82. The van der Waals surface area contributed by atoms with Gasteiger partial charge in [0, 0.05) is 7.05 Å². The van der Waals surface area contributed by atoms with Crippen molar-refractivity contribution in [3.63, 3.8) is 0 Å². The van der Waals surface area contributed by atoms with Crippen molar-refractivity contribution < 1.29 is 0 Å². The normalized spacial score (nSPS) is 10.9. The highest BCUT2D eigenvalue weighted by Crippen LogP contribution is 2.12. The molecule has 0 bridgehead atoms. The second-order valence-corrected chi connectivity index (χ2v) is 2.93. The van der Waals surface area contributed by atoms with E-state index in [1.807, 2.05) is 31.6 Å². The highest BCUT2D eigenvalue weighted by molar-refractivity contribution is 5.76. The van der Waals surface area contributed by atoms with Crippen LogP contribution in [0.2, 0.25) is 0 Å². The molecule has 0 aliphatic carbocycles. The standard InChI is InChI=1S/C8H10N4/c1-5-4-7-8(10-9-5)6(2)12(3)11-7/h4H,1-3H3. The van der Waals surface area contributed by atoms with Crippen molar-refractivity contribution in [2.24, 2.45) is 7.05 Å². The summed E-state index contributed by atoms with van der Waals surface area (Å²) in [6.45, 7) is 3.90. The molecule has 0 saturated carbocycles. The van der Waals surface area contributed by atoms with Crippen LogP contribution in [-0.4, -0.2) is 20.0 Å². The zero-order valence-electron chi connectivity index (χ0n) is 7.37. The Kier molecular flexibility index (Phi) is 1.36. The van der Waals surface area contributed by atoms with Gasteiger partial charge in [-0.15, -0.1) is 5.10 Å². The summed E-state index contributed by atoms with van der Waals surface area (Å²) in [6.07, 6.45) is 0. The molecule has 0 spiro atoms. The summed E-state index contributed by atoms with van der Waals surface area (Å²) in [6, 6.07) is 1.94. The zero-order chi connectivity index (χ0) is 8.72. The van der Waals surface area contributed by atoms with Gasteiger partial charge in [-0.05, 0) is 19.9 Å². The van der Waals surface area contributed by atoms with Crippen molar-refractivity contribution >= 4 is 11.0 Å². The second kappa shape index (κ2) is 2.27. The fourth-order valence-electron chi connectivity index (χ4n) is 1.20. The van der Waals surface area contributed by atoms with Crippen LogP contribution in [0.4, 0.5) is 0 Å². The summed E-state index contributed by atoms with van der Waals surface area (Å²) in [5.41, 5.74) is 3.77. The predicted molar refractivity (Wildman–Crippen MR) is 45.8 cm³/mol. The van der Waals surface area contributed by atoms with Crippen LogP contribution in [-0.2, 0) is 7.05 Å². The molecule has 0 aromatic carbocycles. The lowest BCUT2D eigenvalue weighted by Crippen LogP contribution is -1.91. The summed E-state index contributed by atoms with van der Waals surface area (Å²) in [4.78, 5) is 0. The van der Waals surface area contributed by atoms with E-state index in [9.17, 15) is 0 Å². The van der Waals surface area contributed by atoms with Crippen LogP contribution in [0.3, 0.4) is 0 Å². The highest BCUT2D eigenvalue weighted by Gasteiger charge is 2.05.